The molecule has 0 aromatic heterocycles. The molecule has 6 heteroatoms. The first-order valence-corrected chi connectivity index (χ1v) is 9.24. The van der Waals surface area contributed by atoms with Crippen LogP contribution in [0.1, 0.15) is 29.7 Å². The summed E-state index contributed by atoms with van der Waals surface area (Å²) in [4.78, 5) is 26.0. The molecule has 2 amide bonds. The number of carbonyl (C=O) groups excluding carboxylic acids is 2. The molecule has 0 saturated carbocycles. The van der Waals surface area contributed by atoms with Gasteiger partial charge in [0.1, 0.15) is 0 Å². The molecule has 1 atom stereocenters. The second kappa shape index (κ2) is 9.53. The van der Waals surface area contributed by atoms with Crippen LogP contribution in [0.25, 0.3) is 0 Å². The molecule has 2 rings (SSSR count). The number of anilines is 1. The molecule has 0 aliphatic carbocycles. The highest BCUT2D eigenvalue weighted by molar-refractivity contribution is 6.30. The van der Waals surface area contributed by atoms with Gasteiger partial charge < -0.3 is 15.5 Å². The Hall–Kier alpha value is -2.37. The van der Waals surface area contributed by atoms with Crippen molar-refractivity contribution in [1.82, 2.24) is 10.2 Å². The van der Waals surface area contributed by atoms with Crippen LogP contribution in [-0.4, -0.2) is 36.9 Å². The summed E-state index contributed by atoms with van der Waals surface area (Å²) < 4.78 is 0. The number of para-hydroxylation sites is 1. The van der Waals surface area contributed by atoms with Crippen LogP contribution >= 0.6 is 11.6 Å². The lowest BCUT2D eigenvalue weighted by Gasteiger charge is -2.20. The average Bonchev–Trinajstić information content (AvgIpc) is 2.62. The molecular weight excluding hydrogens is 362 g/mol. The summed E-state index contributed by atoms with van der Waals surface area (Å²) in [7, 11) is 1.62. The SMILES string of the molecule is Cc1cccc(C)c1NC(=O)CN(C)C(=O)CN[C@@H](C)c1cccc(Cl)c1. The molecule has 0 saturated heterocycles. The molecule has 0 spiro atoms. The predicted molar refractivity (Wildman–Crippen MR) is 110 cm³/mol. The number of carbonyl (C=O) groups is 2. The smallest absolute Gasteiger partial charge is 0.243 e. The maximum Gasteiger partial charge on any atom is 0.243 e. The van der Waals surface area contributed by atoms with Gasteiger partial charge in [-0.05, 0) is 49.6 Å². The number of rotatable bonds is 7. The van der Waals surface area contributed by atoms with E-state index >= 15 is 0 Å². The molecule has 27 heavy (non-hydrogen) atoms. The summed E-state index contributed by atoms with van der Waals surface area (Å²) in [5.41, 5.74) is 3.80. The number of benzene rings is 2. The Morgan fingerprint density at radius 3 is 2.37 bits per heavy atom. The number of likely N-dealkylation sites (N-methyl/N-ethyl adjacent to an activating group) is 1. The summed E-state index contributed by atoms with van der Waals surface area (Å²) in [5.74, 6) is -0.369. The molecule has 2 aromatic rings. The lowest BCUT2D eigenvalue weighted by molar-refractivity contribution is -0.132. The van der Waals surface area contributed by atoms with E-state index in [2.05, 4.69) is 10.6 Å². The van der Waals surface area contributed by atoms with Crippen molar-refractivity contribution in [3.8, 4) is 0 Å². The zero-order chi connectivity index (χ0) is 20.0. The second-order valence-electron chi connectivity index (χ2n) is 6.72. The molecule has 0 aliphatic heterocycles. The van der Waals surface area contributed by atoms with Crippen molar-refractivity contribution < 1.29 is 9.59 Å². The molecule has 0 bridgehead atoms. The van der Waals surface area contributed by atoms with Crippen LogP contribution in [0.15, 0.2) is 42.5 Å². The summed E-state index contributed by atoms with van der Waals surface area (Å²) in [5, 5.41) is 6.72. The first-order chi connectivity index (χ1) is 12.8. The van der Waals surface area contributed by atoms with E-state index in [1.165, 1.54) is 4.90 Å². The highest BCUT2D eigenvalue weighted by Gasteiger charge is 2.15. The van der Waals surface area contributed by atoms with Gasteiger partial charge in [0.2, 0.25) is 11.8 Å². The Morgan fingerprint density at radius 2 is 1.74 bits per heavy atom. The van der Waals surface area contributed by atoms with Crippen molar-refractivity contribution in [2.75, 3.05) is 25.5 Å². The monoisotopic (exact) mass is 387 g/mol. The minimum absolute atomic E-state index is 0.000165. The van der Waals surface area contributed by atoms with Gasteiger partial charge in [-0.25, -0.2) is 0 Å². The molecule has 144 valence electrons. The van der Waals surface area contributed by atoms with Gasteiger partial charge in [-0.2, -0.15) is 0 Å². The molecule has 2 aromatic carbocycles. The van der Waals surface area contributed by atoms with E-state index in [1.807, 2.05) is 63.2 Å². The molecule has 0 aliphatic rings. The van der Waals surface area contributed by atoms with E-state index in [1.54, 1.807) is 7.05 Å². The van der Waals surface area contributed by atoms with Gasteiger partial charge in [-0.3, -0.25) is 9.59 Å². The Balaban J connectivity index is 1.85. The molecule has 0 radical (unpaired) electrons. The normalized spacial score (nSPS) is 11.7. The third-order valence-corrected chi connectivity index (χ3v) is 4.70. The van der Waals surface area contributed by atoms with E-state index < -0.39 is 0 Å². The largest absolute Gasteiger partial charge is 0.335 e. The number of nitrogens with one attached hydrogen (secondary N) is 2. The molecule has 5 nitrogen and oxygen atoms in total. The Morgan fingerprint density at radius 1 is 1.11 bits per heavy atom. The Kier molecular flexibility index (Phi) is 7.39. The third-order valence-electron chi connectivity index (χ3n) is 4.46. The average molecular weight is 388 g/mol. The van der Waals surface area contributed by atoms with Crippen LogP contribution in [0.5, 0.6) is 0 Å². The van der Waals surface area contributed by atoms with Gasteiger partial charge in [0.05, 0.1) is 13.1 Å². The summed E-state index contributed by atoms with van der Waals surface area (Å²) in [6, 6.07) is 13.3. The van der Waals surface area contributed by atoms with Crippen LogP contribution in [0, 0.1) is 13.8 Å². The number of aryl methyl sites for hydroxylation is 2. The first-order valence-electron chi connectivity index (χ1n) is 8.87. The van der Waals surface area contributed by atoms with Crippen LogP contribution in [0.2, 0.25) is 5.02 Å². The summed E-state index contributed by atoms with van der Waals surface area (Å²) in [6.45, 7) is 5.99. The molecule has 0 heterocycles. The number of amides is 2. The lowest BCUT2D eigenvalue weighted by atomic mass is 10.1. The number of hydrogen-bond acceptors (Lipinski definition) is 3. The van der Waals surface area contributed by atoms with Crippen molar-refractivity contribution in [2.45, 2.75) is 26.8 Å². The fraction of sp³-hybridized carbons (Fsp3) is 0.333. The van der Waals surface area contributed by atoms with Crippen molar-refractivity contribution in [3.05, 3.63) is 64.2 Å². The Labute approximate surface area is 165 Å². The van der Waals surface area contributed by atoms with E-state index in [0.717, 1.165) is 22.4 Å². The number of nitrogens with zero attached hydrogens (tertiary/aromatic N) is 1. The van der Waals surface area contributed by atoms with E-state index in [4.69, 9.17) is 11.6 Å². The molecule has 2 N–H and O–H groups in total. The fourth-order valence-corrected chi connectivity index (χ4v) is 2.96. The maximum absolute atomic E-state index is 12.3. The lowest BCUT2D eigenvalue weighted by Crippen LogP contribution is -2.40. The van der Waals surface area contributed by atoms with Gasteiger partial charge in [0, 0.05) is 23.8 Å². The predicted octanol–water partition coefficient (Wildman–Crippen LogP) is 3.70. The first kappa shape index (κ1) is 20.9. The highest BCUT2D eigenvalue weighted by Crippen LogP contribution is 2.19. The zero-order valence-electron chi connectivity index (χ0n) is 16.2. The van der Waals surface area contributed by atoms with Crippen LogP contribution in [0.3, 0.4) is 0 Å². The maximum atomic E-state index is 12.3. The van der Waals surface area contributed by atoms with Crippen molar-refractivity contribution in [2.24, 2.45) is 0 Å². The van der Waals surface area contributed by atoms with Crippen LogP contribution in [0.4, 0.5) is 5.69 Å². The standard InChI is InChI=1S/C21H26ClN3O2/c1-14-7-5-8-15(2)21(14)24-19(26)13-25(4)20(27)12-23-16(3)17-9-6-10-18(22)11-17/h5-11,16,23H,12-13H2,1-4H3,(H,24,26)/t16-/m0/s1. The van der Waals surface area contributed by atoms with E-state index in [9.17, 15) is 9.59 Å². The Bertz CT molecular complexity index is 803. The van der Waals surface area contributed by atoms with Crippen molar-refractivity contribution >= 4 is 29.1 Å². The fourth-order valence-electron chi connectivity index (χ4n) is 2.76. The van der Waals surface area contributed by atoms with Gasteiger partial charge in [-0.15, -0.1) is 0 Å². The minimum atomic E-state index is -0.217. The quantitative estimate of drug-likeness (QED) is 0.761. The highest BCUT2D eigenvalue weighted by atomic mass is 35.5. The van der Waals surface area contributed by atoms with Crippen molar-refractivity contribution in [3.63, 3.8) is 0 Å². The molecule has 0 fully saturated rings. The van der Waals surface area contributed by atoms with Gasteiger partial charge >= 0.3 is 0 Å². The number of hydrogen-bond donors (Lipinski definition) is 2. The van der Waals surface area contributed by atoms with E-state index in [0.29, 0.717) is 5.02 Å². The van der Waals surface area contributed by atoms with Crippen molar-refractivity contribution in [1.29, 1.82) is 0 Å². The van der Waals surface area contributed by atoms with Gasteiger partial charge in [-0.1, -0.05) is 41.9 Å². The summed E-state index contributed by atoms with van der Waals surface area (Å²) >= 11 is 6.00. The van der Waals surface area contributed by atoms with E-state index in [-0.39, 0.29) is 30.9 Å². The van der Waals surface area contributed by atoms with Gasteiger partial charge in [0.15, 0.2) is 0 Å². The van der Waals surface area contributed by atoms with Gasteiger partial charge in [0.25, 0.3) is 0 Å². The molecular formula is C21H26ClN3O2. The van der Waals surface area contributed by atoms with Crippen LogP contribution < -0.4 is 10.6 Å². The number of halogens is 1. The minimum Gasteiger partial charge on any atom is -0.335 e. The summed E-state index contributed by atoms with van der Waals surface area (Å²) in [6.07, 6.45) is 0. The topological polar surface area (TPSA) is 61.4 Å². The third kappa shape index (κ3) is 6.08. The zero-order valence-corrected chi connectivity index (χ0v) is 16.9. The second-order valence-corrected chi connectivity index (χ2v) is 7.16. The molecule has 0 unspecified atom stereocenters. The van der Waals surface area contributed by atoms with Crippen LogP contribution in [-0.2, 0) is 9.59 Å².